The highest BCUT2D eigenvalue weighted by Gasteiger charge is 1.98. The third-order valence-electron chi connectivity index (χ3n) is 1.40. The smallest absolute Gasteiger partial charge is 0.235 e. The number of carbonyl (C=O) groups excluding carboxylic acids is 1. The van der Waals surface area contributed by atoms with Crippen LogP contribution in [0.1, 0.15) is 5.56 Å². The normalized spacial score (nSPS) is 9.69. The zero-order valence-corrected chi connectivity index (χ0v) is 9.10. The van der Waals surface area contributed by atoms with Gasteiger partial charge in [-0.3, -0.25) is 4.79 Å². The molecule has 1 amide bonds. The van der Waals surface area contributed by atoms with E-state index in [-0.39, 0.29) is 11.8 Å². The van der Waals surface area contributed by atoms with Crippen molar-refractivity contribution in [1.82, 2.24) is 10.3 Å². The second-order valence-corrected chi connectivity index (χ2v) is 3.48. The molecule has 0 aliphatic carbocycles. The summed E-state index contributed by atoms with van der Waals surface area (Å²) in [5.41, 5.74) is 0.986. The monoisotopic (exact) mass is 262 g/mol. The van der Waals surface area contributed by atoms with Crippen LogP contribution in [0.25, 0.3) is 0 Å². The molecule has 0 aliphatic rings. The van der Waals surface area contributed by atoms with Crippen LogP contribution in [0.15, 0.2) is 22.9 Å². The molecular weight excluding hydrogens is 255 g/mol. The van der Waals surface area contributed by atoms with E-state index in [4.69, 9.17) is 11.6 Å². The number of rotatable bonds is 3. The molecule has 1 heterocycles. The topological polar surface area (TPSA) is 42.0 Å². The summed E-state index contributed by atoms with van der Waals surface area (Å²) < 4.78 is 0.755. The maximum absolute atomic E-state index is 10.8. The molecular formula is C8H8BrClN2O. The molecule has 1 N–H and O–H groups in total. The Balaban J connectivity index is 2.50. The van der Waals surface area contributed by atoms with E-state index in [1.807, 2.05) is 12.1 Å². The molecule has 1 aromatic rings. The lowest BCUT2D eigenvalue weighted by Crippen LogP contribution is -2.23. The molecule has 3 nitrogen and oxygen atoms in total. The minimum atomic E-state index is -0.172. The maximum atomic E-state index is 10.8. The Hall–Kier alpha value is -0.610. The van der Waals surface area contributed by atoms with Gasteiger partial charge in [-0.15, -0.1) is 11.6 Å². The van der Waals surface area contributed by atoms with Gasteiger partial charge in [0.2, 0.25) is 5.91 Å². The van der Waals surface area contributed by atoms with E-state index in [9.17, 15) is 4.79 Å². The summed E-state index contributed by atoms with van der Waals surface area (Å²) in [5.74, 6) is -0.179. The maximum Gasteiger partial charge on any atom is 0.235 e. The fraction of sp³-hybridized carbons (Fsp3) is 0.250. The first kappa shape index (κ1) is 10.5. The summed E-state index contributed by atoms with van der Waals surface area (Å²) in [5, 5.41) is 2.66. The summed E-state index contributed by atoms with van der Waals surface area (Å²) in [6, 6.07) is 3.67. The van der Waals surface area contributed by atoms with E-state index in [0.29, 0.717) is 6.54 Å². The molecule has 0 bridgehead atoms. The Bertz CT molecular complexity index is 306. The van der Waals surface area contributed by atoms with E-state index < -0.39 is 0 Å². The number of amides is 1. The van der Waals surface area contributed by atoms with Crippen molar-refractivity contribution in [2.45, 2.75) is 6.54 Å². The van der Waals surface area contributed by atoms with Gasteiger partial charge in [0.05, 0.1) is 0 Å². The van der Waals surface area contributed by atoms with Crippen LogP contribution < -0.4 is 5.32 Å². The highest BCUT2D eigenvalue weighted by molar-refractivity contribution is 9.10. The van der Waals surface area contributed by atoms with E-state index >= 15 is 0 Å². The second kappa shape index (κ2) is 5.19. The predicted molar refractivity (Wildman–Crippen MR) is 54.5 cm³/mol. The first-order valence-electron chi connectivity index (χ1n) is 3.65. The SMILES string of the molecule is O=C(CCl)NCc1ccnc(Br)c1. The second-order valence-electron chi connectivity index (χ2n) is 2.40. The van der Waals surface area contributed by atoms with Crippen LogP contribution >= 0.6 is 27.5 Å². The lowest BCUT2D eigenvalue weighted by molar-refractivity contribution is -0.118. The molecule has 0 aromatic carbocycles. The molecule has 0 aliphatic heterocycles. The summed E-state index contributed by atoms with van der Waals surface area (Å²) in [7, 11) is 0. The molecule has 1 rings (SSSR count). The van der Waals surface area contributed by atoms with Gasteiger partial charge in [-0.25, -0.2) is 4.98 Å². The average Bonchev–Trinajstić information content (AvgIpc) is 2.14. The van der Waals surface area contributed by atoms with Gasteiger partial charge in [0.25, 0.3) is 0 Å². The number of pyridine rings is 1. The van der Waals surface area contributed by atoms with Gasteiger partial charge >= 0.3 is 0 Å². The van der Waals surface area contributed by atoms with Crippen molar-refractivity contribution < 1.29 is 4.79 Å². The average molecular weight is 264 g/mol. The number of nitrogens with one attached hydrogen (secondary N) is 1. The van der Waals surface area contributed by atoms with E-state index in [2.05, 4.69) is 26.2 Å². The van der Waals surface area contributed by atoms with Crippen molar-refractivity contribution >= 4 is 33.4 Å². The van der Waals surface area contributed by atoms with Crippen LogP contribution in [-0.4, -0.2) is 16.8 Å². The molecule has 0 atom stereocenters. The largest absolute Gasteiger partial charge is 0.351 e. The Morgan fingerprint density at radius 2 is 2.46 bits per heavy atom. The van der Waals surface area contributed by atoms with Crippen LogP contribution in [-0.2, 0) is 11.3 Å². The molecule has 0 fully saturated rings. The minimum absolute atomic E-state index is 0.00769. The van der Waals surface area contributed by atoms with Gasteiger partial charge in [0, 0.05) is 12.7 Å². The summed E-state index contributed by atoms with van der Waals surface area (Å²) >= 11 is 8.55. The van der Waals surface area contributed by atoms with Crippen LogP contribution in [0.4, 0.5) is 0 Å². The van der Waals surface area contributed by atoms with Crippen molar-refractivity contribution in [2.24, 2.45) is 0 Å². The molecule has 0 radical (unpaired) electrons. The number of hydrogen-bond donors (Lipinski definition) is 1. The van der Waals surface area contributed by atoms with E-state index in [1.165, 1.54) is 0 Å². The van der Waals surface area contributed by atoms with Crippen LogP contribution in [0, 0.1) is 0 Å². The Labute approximate surface area is 89.6 Å². The molecule has 1 aromatic heterocycles. The lowest BCUT2D eigenvalue weighted by Gasteiger charge is -2.02. The number of halogens is 2. The van der Waals surface area contributed by atoms with Crippen molar-refractivity contribution in [3.8, 4) is 0 Å². The molecule has 0 unspecified atom stereocenters. The third kappa shape index (κ3) is 3.74. The Morgan fingerprint density at radius 3 is 3.08 bits per heavy atom. The number of hydrogen-bond acceptors (Lipinski definition) is 2. The van der Waals surface area contributed by atoms with Gasteiger partial charge in [-0.2, -0.15) is 0 Å². The predicted octanol–water partition coefficient (Wildman–Crippen LogP) is 1.70. The van der Waals surface area contributed by atoms with Gasteiger partial charge in [-0.05, 0) is 33.6 Å². The summed E-state index contributed by atoms with van der Waals surface area (Å²) in [6.45, 7) is 0.479. The molecule has 70 valence electrons. The van der Waals surface area contributed by atoms with Gasteiger partial charge in [-0.1, -0.05) is 0 Å². The zero-order chi connectivity index (χ0) is 9.68. The van der Waals surface area contributed by atoms with Crippen LogP contribution in [0.5, 0.6) is 0 Å². The van der Waals surface area contributed by atoms with Crippen molar-refractivity contribution in [3.63, 3.8) is 0 Å². The number of alkyl halides is 1. The van der Waals surface area contributed by atoms with Crippen molar-refractivity contribution in [2.75, 3.05) is 5.88 Å². The van der Waals surface area contributed by atoms with Gasteiger partial charge in [0.15, 0.2) is 0 Å². The van der Waals surface area contributed by atoms with Crippen molar-refractivity contribution in [3.05, 3.63) is 28.5 Å². The fourth-order valence-electron chi connectivity index (χ4n) is 0.800. The Kier molecular flexibility index (Phi) is 4.18. The van der Waals surface area contributed by atoms with E-state index in [0.717, 1.165) is 10.2 Å². The molecule has 0 saturated heterocycles. The number of carbonyl (C=O) groups is 1. The fourth-order valence-corrected chi connectivity index (χ4v) is 1.31. The Morgan fingerprint density at radius 1 is 1.69 bits per heavy atom. The molecule has 0 spiro atoms. The van der Waals surface area contributed by atoms with Gasteiger partial charge < -0.3 is 5.32 Å². The summed E-state index contributed by atoms with van der Waals surface area (Å²) in [6.07, 6.45) is 1.67. The minimum Gasteiger partial charge on any atom is -0.351 e. The number of aromatic nitrogens is 1. The first-order chi connectivity index (χ1) is 6.22. The van der Waals surface area contributed by atoms with Crippen LogP contribution in [0.3, 0.4) is 0 Å². The molecule has 5 heteroatoms. The van der Waals surface area contributed by atoms with E-state index in [1.54, 1.807) is 6.20 Å². The lowest BCUT2D eigenvalue weighted by atomic mass is 10.3. The highest BCUT2D eigenvalue weighted by Crippen LogP contribution is 2.07. The third-order valence-corrected chi connectivity index (χ3v) is 2.08. The summed E-state index contributed by atoms with van der Waals surface area (Å²) in [4.78, 5) is 14.8. The standard InChI is InChI=1S/C8H8BrClN2O/c9-7-3-6(1-2-11-7)5-12-8(13)4-10/h1-3H,4-5H2,(H,12,13). The van der Waals surface area contributed by atoms with Crippen LogP contribution in [0.2, 0.25) is 0 Å². The molecule has 0 saturated carbocycles. The molecule has 13 heavy (non-hydrogen) atoms. The quantitative estimate of drug-likeness (QED) is 0.666. The number of nitrogens with zero attached hydrogens (tertiary/aromatic N) is 1. The van der Waals surface area contributed by atoms with Gasteiger partial charge in [0.1, 0.15) is 10.5 Å². The van der Waals surface area contributed by atoms with Crippen molar-refractivity contribution in [1.29, 1.82) is 0 Å². The first-order valence-corrected chi connectivity index (χ1v) is 4.98. The highest BCUT2D eigenvalue weighted by atomic mass is 79.9. The zero-order valence-electron chi connectivity index (χ0n) is 6.76.